The summed E-state index contributed by atoms with van der Waals surface area (Å²) < 4.78 is 29.1. The molecule has 2 aliphatic rings. The highest BCUT2D eigenvalue weighted by Gasteiger charge is 2.30. The van der Waals surface area contributed by atoms with Crippen LogP contribution in [0.15, 0.2) is 61.3 Å². The lowest BCUT2D eigenvalue weighted by Gasteiger charge is -2.34. The summed E-state index contributed by atoms with van der Waals surface area (Å²) in [7, 11) is -1.68. The molecule has 0 aliphatic carbocycles. The van der Waals surface area contributed by atoms with Crippen LogP contribution in [0.3, 0.4) is 0 Å². The molecule has 0 N–H and O–H groups in total. The Balaban J connectivity index is 1.51. The van der Waals surface area contributed by atoms with Crippen LogP contribution in [0.1, 0.15) is 23.3 Å². The van der Waals surface area contributed by atoms with E-state index >= 15 is 0 Å². The van der Waals surface area contributed by atoms with E-state index in [0.29, 0.717) is 24.0 Å². The first kappa shape index (κ1) is 22.7. The quantitative estimate of drug-likeness (QED) is 0.526. The fraction of sp³-hybridized carbons (Fsp3) is 0.346. The summed E-state index contributed by atoms with van der Waals surface area (Å²) in [5, 5.41) is -0.0117. The molecule has 2 aliphatic heterocycles. The Morgan fingerprint density at radius 2 is 1.79 bits per heavy atom. The zero-order valence-electron chi connectivity index (χ0n) is 19.6. The lowest BCUT2D eigenvalue weighted by molar-refractivity contribution is -0.116. The molecule has 0 spiro atoms. The SMILES string of the molecule is C=CC(c1ccc2c(c1)CCN2C(C)=O)S(=O)(=O)n1ccc2ccc(N3CCN(C)CC3)cc21. The van der Waals surface area contributed by atoms with Gasteiger partial charge in [0.05, 0.1) is 5.52 Å². The van der Waals surface area contributed by atoms with Gasteiger partial charge < -0.3 is 14.7 Å². The minimum Gasteiger partial charge on any atom is -0.369 e. The van der Waals surface area contributed by atoms with Crippen molar-refractivity contribution in [2.24, 2.45) is 0 Å². The second kappa shape index (κ2) is 8.60. The Bertz CT molecular complexity index is 1370. The molecule has 178 valence electrons. The molecule has 3 aromatic rings. The van der Waals surface area contributed by atoms with Crippen molar-refractivity contribution in [1.82, 2.24) is 8.87 Å². The smallest absolute Gasteiger partial charge is 0.249 e. The number of anilines is 2. The number of carbonyl (C=O) groups excluding carboxylic acids is 1. The van der Waals surface area contributed by atoms with Crippen LogP contribution in [0.5, 0.6) is 0 Å². The predicted octanol–water partition coefficient (Wildman–Crippen LogP) is 3.41. The van der Waals surface area contributed by atoms with E-state index in [-0.39, 0.29) is 5.91 Å². The standard InChI is InChI=1S/C26H30N4O3S/c1-4-26(22-6-8-24-21(17-22)9-11-29(24)19(2)31)34(32,33)30-12-10-20-5-7-23(18-25(20)30)28-15-13-27(3)14-16-28/h4-8,10,12,17-18,26H,1,9,11,13-16H2,2-3H3. The van der Waals surface area contributed by atoms with Gasteiger partial charge in [0.25, 0.3) is 0 Å². The Kier molecular flexibility index (Phi) is 5.73. The molecule has 0 saturated carbocycles. The molecule has 1 unspecified atom stereocenters. The van der Waals surface area contributed by atoms with Crippen molar-refractivity contribution in [3.05, 3.63) is 72.4 Å². The van der Waals surface area contributed by atoms with Gasteiger partial charge in [-0.25, -0.2) is 12.4 Å². The van der Waals surface area contributed by atoms with Crippen molar-refractivity contribution >= 4 is 38.2 Å². The van der Waals surface area contributed by atoms with Crippen molar-refractivity contribution in [1.29, 1.82) is 0 Å². The van der Waals surface area contributed by atoms with Crippen LogP contribution >= 0.6 is 0 Å². The lowest BCUT2D eigenvalue weighted by atomic mass is 10.1. The fourth-order valence-electron chi connectivity index (χ4n) is 5.05. The van der Waals surface area contributed by atoms with Gasteiger partial charge in [-0.1, -0.05) is 24.3 Å². The maximum absolute atomic E-state index is 13.8. The molecule has 0 bridgehead atoms. The third-order valence-electron chi connectivity index (χ3n) is 7.03. The van der Waals surface area contributed by atoms with Gasteiger partial charge in [0.1, 0.15) is 5.25 Å². The lowest BCUT2D eigenvalue weighted by Crippen LogP contribution is -2.44. The predicted molar refractivity (Wildman–Crippen MR) is 137 cm³/mol. The van der Waals surface area contributed by atoms with Crippen LogP contribution in [0.2, 0.25) is 0 Å². The van der Waals surface area contributed by atoms with Gasteiger partial charge in [-0.3, -0.25) is 4.79 Å². The average Bonchev–Trinajstić information content (AvgIpc) is 3.44. The molecule has 3 heterocycles. The first-order valence-electron chi connectivity index (χ1n) is 11.6. The van der Waals surface area contributed by atoms with E-state index in [2.05, 4.69) is 29.5 Å². The number of hydrogen-bond acceptors (Lipinski definition) is 5. The van der Waals surface area contributed by atoms with E-state index in [9.17, 15) is 13.2 Å². The maximum atomic E-state index is 13.8. The summed E-state index contributed by atoms with van der Waals surface area (Å²) in [4.78, 5) is 18.2. The van der Waals surface area contributed by atoms with Crippen LogP contribution in [0.4, 0.5) is 11.4 Å². The largest absolute Gasteiger partial charge is 0.369 e. The van der Waals surface area contributed by atoms with Crippen molar-refractivity contribution < 1.29 is 13.2 Å². The van der Waals surface area contributed by atoms with Gasteiger partial charge >= 0.3 is 0 Å². The molecule has 1 atom stereocenters. The van der Waals surface area contributed by atoms with Crippen molar-refractivity contribution in [3.63, 3.8) is 0 Å². The van der Waals surface area contributed by atoms with Crippen LogP contribution in [-0.2, 0) is 21.2 Å². The number of rotatable bonds is 5. The topological polar surface area (TPSA) is 65.9 Å². The summed E-state index contributed by atoms with van der Waals surface area (Å²) in [5.74, 6) is -0.00522. The Labute approximate surface area is 200 Å². The normalized spacial score (nSPS) is 17.7. The highest BCUT2D eigenvalue weighted by atomic mass is 32.2. The number of piperazine rings is 1. The van der Waals surface area contributed by atoms with Gasteiger partial charge in [0.15, 0.2) is 0 Å². The number of aromatic nitrogens is 1. The zero-order chi connectivity index (χ0) is 24.0. The third kappa shape index (κ3) is 3.80. The molecule has 1 saturated heterocycles. The van der Waals surface area contributed by atoms with E-state index in [1.807, 2.05) is 30.3 Å². The van der Waals surface area contributed by atoms with E-state index in [0.717, 1.165) is 48.5 Å². The van der Waals surface area contributed by atoms with Crippen molar-refractivity contribution in [3.8, 4) is 0 Å². The number of likely N-dealkylation sites (N-methyl/N-ethyl adjacent to an activating group) is 1. The van der Waals surface area contributed by atoms with Gasteiger partial charge in [-0.05, 0) is 48.9 Å². The summed E-state index contributed by atoms with van der Waals surface area (Å²) in [6.45, 7) is 9.82. The second-order valence-corrected chi connectivity index (χ2v) is 11.1. The number of fused-ring (bicyclic) bond motifs is 2. The van der Waals surface area contributed by atoms with Crippen LogP contribution in [0.25, 0.3) is 10.9 Å². The first-order valence-corrected chi connectivity index (χ1v) is 13.1. The Hall–Kier alpha value is -3.10. The number of carbonyl (C=O) groups is 1. The molecule has 0 radical (unpaired) electrons. The second-order valence-electron chi connectivity index (χ2n) is 9.16. The molecular weight excluding hydrogens is 448 g/mol. The maximum Gasteiger partial charge on any atom is 0.249 e. The minimum absolute atomic E-state index is 0.00522. The van der Waals surface area contributed by atoms with Gasteiger partial charge in [-0.15, -0.1) is 6.58 Å². The Morgan fingerprint density at radius 3 is 2.50 bits per heavy atom. The Morgan fingerprint density at radius 1 is 1.03 bits per heavy atom. The van der Waals surface area contributed by atoms with Crippen LogP contribution in [-0.4, -0.2) is 63.0 Å². The number of hydrogen-bond donors (Lipinski definition) is 0. The molecule has 7 nitrogen and oxygen atoms in total. The molecule has 8 heteroatoms. The zero-order valence-corrected chi connectivity index (χ0v) is 20.5. The molecule has 2 aromatic carbocycles. The van der Waals surface area contributed by atoms with Crippen molar-refractivity contribution in [2.45, 2.75) is 18.6 Å². The van der Waals surface area contributed by atoms with Gasteiger partial charge in [0, 0.05) is 62.6 Å². The number of benzene rings is 2. The molecule has 1 amide bonds. The highest BCUT2D eigenvalue weighted by Crippen LogP contribution is 2.35. The fourth-order valence-corrected chi connectivity index (χ4v) is 6.69. The monoisotopic (exact) mass is 478 g/mol. The molecular formula is C26H30N4O3S. The van der Waals surface area contributed by atoms with E-state index in [1.165, 1.54) is 10.0 Å². The molecule has 34 heavy (non-hydrogen) atoms. The number of amides is 1. The summed E-state index contributed by atoms with van der Waals surface area (Å²) >= 11 is 0. The highest BCUT2D eigenvalue weighted by molar-refractivity contribution is 7.90. The van der Waals surface area contributed by atoms with E-state index in [4.69, 9.17) is 0 Å². The third-order valence-corrected chi connectivity index (χ3v) is 9.00. The molecule has 5 rings (SSSR count). The molecule has 1 fully saturated rings. The van der Waals surface area contributed by atoms with Gasteiger partial charge in [-0.2, -0.15) is 0 Å². The first-order chi connectivity index (χ1) is 16.3. The van der Waals surface area contributed by atoms with E-state index < -0.39 is 15.3 Å². The number of nitrogens with zero attached hydrogens (tertiary/aromatic N) is 4. The average molecular weight is 479 g/mol. The van der Waals surface area contributed by atoms with Gasteiger partial charge in [0.2, 0.25) is 15.9 Å². The minimum atomic E-state index is -3.80. The van der Waals surface area contributed by atoms with E-state index in [1.54, 1.807) is 24.1 Å². The van der Waals surface area contributed by atoms with Crippen molar-refractivity contribution in [2.75, 3.05) is 49.6 Å². The molecule has 1 aromatic heterocycles. The van der Waals surface area contributed by atoms with Crippen LogP contribution in [0, 0.1) is 0 Å². The summed E-state index contributed by atoms with van der Waals surface area (Å²) in [5.41, 5.74) is 4.22. The van der Waals surface area contributed by atoms with Crippen LogP contribution < -0.4 is 9.80 Å². The summed E-state index contributed by atoms with van der Waals surface area (Å²) in [6.07, 6.45) is 3.84. The summed E-state index contributed by atoms with van der Waals surface area (Å²) in [6, 6.07) is 13.4.